The Labute approximate surface area is 132 Å². The second-order valence-electron chi connectivity index (χ2n) is 7.89. The summed E-state index contributed by atoms with van der Waals surface area (Å²) in [5.41, 5.74) is 1.30. The first kappa shape index (κ1) is 15.3. The van der Waals surface area contributed by atoms with Gasteiger partial charge in [-0.3, -0.25) is 0 Å². The summed E-state index contributed by atoms with van der Waals surface area (Å²) in [7, 11) is 2.18. The second-order valence-corrected chi connectivity index (χ2v) is 8.90. The van der Waals surface area contributed by atoms with Crippen molar-refractivity contribution in [3.63, 3.8) is 0 Å². The number of thiazole rings is 1. The van der Waals surface area contributed by atoms with Crippen LogP contribution in [0.15, 0.2) is 0 Å². The van der Waals surface area contributed by atoms with Crippen molar-refractivity contribution >= 4 is 16.5 Å². The van der Waals surface area contributed by atoms with Gasteiger partial charge in [0.1, 0.15) is 0 Å². The summed E-state index contributed by atoms with van der Waals surface area (Å²) in [5, 5.41) is 11.5. The van der Waals surface area contributed by atoms with E-state index in [0.717, 1.165) is 34.5 Å². The molecule has 0 saturated heterocycles. The van der Waals surface area contributed by atoms with Gasteiger partial charge in [-0.15, -0.1) is 0 Å². The van der Waals surface area contributed by atoms with Crippen LogP contribution in [0.3, 0.4) is 0 Å². The smallest absolute Gasteiger partial charge is 0.185 e. The van der Waals surface area contributed by atoms with E-state index >= 15 is 0 Å². The maximum Gasteiger partial charge on any atom is 0.185 e. The van der Waals surface area contributed by atoms with Gasteiger partial charge in [-0.1, -0.05) is 32.1 Å². The molecule has 1 fully saturated rings. The van der Waals surface area contributed by atoms with E-state index in [9.17, 15) is 5.11 Å². The minimum atomic E-state index is -0.324. The van der Waals surface area contributed by atoms with Crippen LogP contribution in [0.5, 0.6) is 0 Å². The SMILES string of the molecule is CC1CCC(N(C)c2nc3c(s2)C(O)CC(C)(C)C3)CC1. The molecule has 1 atom stereocenters. The van der Waals surface area contributed by atoms with Gasteiger partial charge in [0.05, 0.1) is 16.7 Å². The van der Waals surface area contributed by atoms with Gasteiger partial charge in [0.25, 0.3) is 0 Å². The van der Waals surface area contributed by atoms with E-state index < -0.39 is 0 Å². The van der Waals surface area contributed by atoms with Gasteiger partial charge in [-0.2, -0.15) is 0 Å². The molecule has 0 aromatic carbocycles. The van der Waals surface area contributed by atoms with Crippen molar-refractivity contribution in [1.82, 2.24) is 4.98 Å². The lowest BCUT2D eigenvalue weighted by Crippen LogP contribution is -2.34. The normalized spacial score (nSPS) is 31.8. The highest BCUT2D eigenvalue weighted by molar-refractivity contribution is 7.15. The molecule has 1 unspecified atom stereocenters. The zero-order chi connectivity index (χ0) is 15.2. The highest BCUT2D eigenvalue weighted by atomic mass is 32.1. The molecule has 3 rings (SSSR count). The fourth-order valence-corrected chi connectivity index (χ4v) is 4.92. The summed E-state index contributed by atoms with van der Waals surface area (Å²) in [6.45, 7) is 6.81. The zero-order valence-corrected chi connectivity index (χ0v) is 14.5. The van der Waals surface area contributed by atoms with E-state index in [1.54, 1.807) is 11.3 Å². The number of anilines is 1. The van der Waals surface area contributed by atoms with Crippen LogP contribution < -0.4 is 4.90 Å². The van der Waals surface area contributed by atoms with Crippen molar-refractivity contribution in [1.29, 1.82) is 0 Å². The number of hydrogen-bond donors (Lipinski definition) is 1. The van der Waals surface area contributed by atoms with Gasteiger partial charge >= 0.3 is 0 Å². The van der Waals surface area contributed by atoms with Crippen molar-refractivity contribution in [2.45, 2.75) is 71.4 Å². The molecule has 0 radical (unpaired) electrons. The molecule has 21 heavy (non-hydrogen) atoms. The second kappa shape index (κ2) is 5.54. The molecule has 1 heterocycles. The van der Waals surface area contributed by atoms with Crippen molar-refractivity contribution in [3.05, 3.63) is 10.6 Å². The molecule has 1 saturated carbocycles. The van der Waals surface area contributed by atoms with E-state index in [0.29, 0.717) is 6.04 Å². The number of nitrogens with zero attached hydrogens (tertiary/aromatic N) is 2. The van der Waals surface area contributed by atoms with Gasteiger partial charge in [0.15, 0.2) is 5.13 Å². The van der Waals surface area contributed by atoms with Crippen LogP contribution in [0.4, 0.5) is 5.13 Å². The molecule has 2 aliphatic carbocycles. The first-order valence-corrected chi connectivity index (χ1v) is 9.08. The molecule has 2 aliphatic rings. The molecule has 1 aromatic heterocycles. The number of aliphatic hydroxyl groups excluding tert-OH is 1. The molecule has 0 amide bonds. The number of hydrogen-bond acceptors (Lipinski definition) is 4. The summed E-state index contributed by atoms with van der Waals surface area (Å²) in [5.74, 6) is 0.877. The fraction of sp³-hybridized carbons (Fsp3) is 0.824. The third-order valence-corrected chi connectivity index (χ3v) is 6.54. The number of fused-ring (bicyclic) bond motifs is 1. The third-order valence-electron chi connectivity index (χ3n) is 5.25. The standard InChI is InChI=1S/C17H28N2OS/c1-11-5-7-12(8-6-11)19(4)16-18-13-9-17(2,3)10-14(20)15(13)21-16/h11-12,14,20H,5-10H2,1-4H3. The minimum Gasteiger partial charge on any atom is -0.387 e. The molecule has 3 nitrogen and oxygen atoms in total. The van der Waals surface area contributed by atoms with Gasteiger partial charge < -0.3 is 10.0 Å². The quantitative estimate of drug-likeness (QED) is 0.891. The Morgan fingerprint density at radius 3 is 2.57 bits per heavy atom. The van der Waals surface area contributed by atoms with Crippen LogP contribution in [0.1, 0.15) is 69.6 Å². The van der Waals surface area contributed by atoms with Crippen LogP contribution >= 0.6 is 11.3 Å². The molecule has 0 spiro atoms. The zero-order valence-electron chi connectivity index (χ0n) is 13.7. The van der Waals surface area contributed by atoms with Crippen LogP contribution in [-0.2, 0) is 6.42 Å². The summed E-state index contributed by atoms with van der Waals surface area (Å²) in [6.07, 6.45) is 6.73. The highest BCUT2D eigenvalue weighted by Gasteiger charge is 2.35. The van der Waals surface area contributed by atoms with Gasteiger partial charge in [-0.05, 0) is 49.9 Å². The number of aliphatic hydroxyl groups is 1. The Morgan fingerprint density at radius 1 is 1.24 bits per heavy atom. The first-order valence-electron chi connectivity index (χ1n) is 8.26. The predicted molar refractivity (Wildman–Crippen MR) is 89.0 cm³/mol. The lowest BCUT2D eigenvalue weighted by molar-refractivity contribution is 0.102. The average molecular weight is 308 g/mol. The monoisotopic (exact) mass is 308 g/mol. The van der Waals surface area contributed by atoms with E-state index in [-0.39, 0.29) is 11.5 Å². The Bertz CT molecular complexity index is 503. The van der Waals surface area contributed by atoms with E-state index in [1.165, 1.54) is 25.7 Å². The van der Waals surface area contributed by atoms with Crippen molar-refractivity contribution < 1.29 is 5.11 Å². The molecule has 4 heteroatoms. The summed E-state index contributed by atoms with van der Waals surface area (Å²) in [6, 6.07) is 0.624. The molecular weight excluding hydrogens is 280 g/mol. The van der Waals surface area contributed by atoms with Crippen molar-refractivity contribution in [3.8, 4) is 0 Å². The molecule has 0 bridgehead atoms. The van der Waals surface area contributed by atoms with Crippen LogP contribution in [0.2, 0.25) is 0 Å². The maximum atomic E-state index is 10.4. The first-order chi connectivity index (χ1) is 9.85. The lowest BCUT2D eigenvalue weighted by Gasteiger charge is -2.33. The Balaban J connectivity index is 1.78. The van der Waals surface area contributed by atoms with Gasteiger partial charge in [0, 0.05) is 13.1 Å². The van der Waals surface area contributed by atoms with Crippen molar-refractivity contribution in [2.24, 2.45) is 11.3 Å². The van der Waals surface area contributed by atoms with Crippen molar-refractivity contribution in [2.75, 3.05) is 11.9 Å². The van der Waals surface area contributed by atoms with E-state index in [2.05, 4.69) is 32.7 Å². The molecule has 1 aromatic rings. The van der Waals surface area contributed by atoms with Gasteiger partial charge in [-0.25, -0.2) is 4.98 Å². The fourth-order valence-electron chi connectivity index (χ4n) is 3.82. The summed E-state index contributed by atoms with van der Waals surface area (Å²) >= 11 is 1.71. The lowest BCUT2D eigenvalue weighted by atomic mass is 9.77. The Hall–Kier alpha value is -0.610. The van der Waals surface area contributed by atoms with Crippen LogP contribution in [0.25, 0.3) is 0 Å². The van der Waals surface area contributed by atoms with Gasteiger partial charge in [0.2, 0.25) is 0 Å². The largest absolute Gasteiger partial charge is 0.387 e. The minimum absolute atomic E-state index is 0.163. The Morgan fingerprint density at radius 2 is 1.90 bits per heavy atom. The molecule has 0 aliphatic heterocycles. The Kier molecular flexibility index (Phi) is 4.04. The van der Waals surface area contributed by atoms with Crippen LogP contribution in [0, 0.1) is 11.3 Å². The summed E-state index contributed by atoms with van der Waals surface area (Å²) in [4.78, 5) is 8.36. The molecule has 1 N–H and O–H groups in total. The number of rotatable bonds is 2. The third kappa shape index (κ3) is 3.11. The highest BCUT2D eigenvalue weighted by Crippen LogP contribution is 2.45. The van der Waals surface area contributed by atoms with Crippen LogP contribution in [-0.4, -0.2) is 23.2 Å². The van der Waals surface area contributed by atoms with E-state index in [4.69, 9.17) is 4.98 Å². The topological polar surface area (TPSA) is 36.4 Å². The average Bonchev–Trinajstić information content (AvgIpc) is 2.81. The summed E-state index contributed by atoms with van der Waals surface area (Å²) < 4.78 is 0. The predicted octanol–water partition coefficient (Wildman–Crippen LogP) is 4.16. The molecule has 118 valence electrons. The van der Waals surface area contributed by atoms with E-state index in [1.807, 2.05) is 0 Å². The maximum absolute atomic E-state index is 10.4. The number of aromatic nitrogens is 1. The molecular formula is C17H28N2OS.